The Hall–Kier alpha value is -3.30. The molecule has 3 aromatic carbocycles. The van der Waals surface area contributed by atoms with Crippen molar-refractivity contribution in [1.29, 1.82) is 0 Å². The van der Waals surface area contributed by atoms with Gasteiger partial charge in [0, 0.05) is 21.7 Å². The fourth-order valence-corrected chi connectivity index (χ4v) is 3.86. The second kappa shape index (κ2) is 7.26. The zero-order valence-electron chi connectivity index (χ0n) is 15.9. The SMILES string of the molecule is COc1ccc(-c2cc(-c3ccccc3)nc3c2COc2ccc(Cl)cc2-3)cc1. The van der Waals surface area contributed by atoms with Crippen LogP contribution in [-0.2, 0) is 6.61 Å². The molecule has 1 aliphatic rings. The monoisotopic (exact) mass is 399 g/mol. The summed E-state index contributed by atoms with van der Waals surface area (Å²) >= 11 is 6.29. The molecule has 4 heteroatoms. The lowest BCUT2D eigenvalue weighted by Crippen LogP contribution is -2.09. The van der Waals surface area contributed by atoms with Crippen molar-refractivity contribution in [2.75, 3.05) is 7.11 Å². The molecule has 5 rings (SSSR count). The van der Waals surface area contributed by atoms with Crippen molar-refractivity contribution >= 4 is 11.6 Å². The maximum absolute atomic E-state index is 6.29. The van der Waals surface area contributed by atoms with Gasteiger partial charge in [0.25, 0.3) is 0 Å². The highest BCUT2D eigenvalue weighted by Gasteiger charge is 2.24. The van der Waals surface area contributed by atoms with E-state index >= 15 is 0 Å². The number of hydrogen-bond donors (Lipinski definition) is 0. The predicted molar refractivity (Wildman–Crippen MR) is 116 cm³/mol. The van der Waals surface area contributed by atoms with Crippen LogP contribution < -0.4 is 9.47 Å². The van der Waals surface area contributed by atoms with Crippen LogP contribution in [0.25, 0.3) is 33.6 Å². The number of halogens is 1. The first kappa shape index (κ1) is 17.8. The quantitative estimate of drug-likeness (QED) is 0.387. The molecule has 0 unspecified atom stereocenters. The smallest absolute Gasteiger partial charge is 0.129 e. The van der Waals surface area contributed by atoms with Gasteiger partial charge in [-0.05, 0) is 47.5 Å². The van der Waals surface area contributed by atoms with Crippen LogP contribution in [0, 0.1) is 0 Å². The average Bonchev–Trinajstić information content (AvgIpc) is 2.79. The summed E-state index contributed by atoms with van der Waals surface area (Å²) < 4.78 is 11.4. The standard InChI is InChI=1S/C25H18ClNO2/c1-28-19-10-7-16(8-11-19)20-14-23(17-5-3-2-4-6-17)27-25-21-13-18(26)9-12-24(21)29-15-22(20)25/h2-14H,15H2,1H3. The summed E-state index contributed by atoms with van der Waals surface area (Å²) in [5.41, 5.74) is 7.08. The van der Waals surface area contributed by atoms with Gasteiger partial charge in [0.2, 0.25) is 0 Å². The summed E-state index contributed by atoms with van der Waals surface area (Å²) in [4.78, 5) is 5.02. The lowest BCUT2D eigenvalue weighted by Gasteiger charge is -2.24. The summed E-state index contributed by atoms with van der Waals surface area (Å²) in [6.45, 7) is 0.466. The van der Waals surface area contributed by atoms with E-state index in [0.29, 0.717) is 11.6 Å². The van der Waals surface area contributed by atoms with Gasteiger partial charge >= 0.3 is 0 Å². The first-order valence-electron chi connectivity index (χ1n) is 9.39. The number of pyridine rings is 1. The third kappa shape index (κ3) is 3.24. The molecule has 0 atom stereocenters. The minimum atomic E-state index is 0.466. The molecule has 4 aromatic rings. The summed E-state index contributed by atoms with van der Waals surface area (Å²) in [5.74, 6) is 1.63. The fraction of sp³-hybridized carbons (Fsp3) is 0.0800. The molecule has 0 bridgehead atoms. The van der Waals surface area contributed by atoms with E-state index in [2.05, 4.69) is 30.3 Å². The van der Waals surface area contributed by atoms with Gasteiger partial charge in [-0.3, -0.25) is 0 Å². The minimum Gasteiger partial charge on any atom is -0.497 e. The number of ether oxygens (including phenoxy) is 2. The van der Waals surface area contributed by atoms with E-state index in [4.69, 9.17) is 26.1 Å². The maximum atomic E-state index is 6.29. The van der Waals surface area contributed by atoms with Gasteiger partial charge in [-0.25, -0.2) is 4.98 Å². The largest absolute Gasteiger partial charge is 0.497 e. The van der Waals surface area contributed by atoms with Gasteiger partial charge in [0.1, 0.15) is 18.1 Å². The Balaban J connectivity index is 1.77. The molecule has 0 aliphatic carbocycles. The van der Waals surface area contributed by atoms with E-state index < -0.39 is 0 Å². The number of nitrogens with zero attached hydrogens (tertiary/aromatic N) is 1. The summed E-state index contributed by atoms with van der Waals surface area (Å²) in [5, 5.41) is 0.665. The molecule has 0 amide bonds. The van der Waals surface area contributed by atoms with Gasteiger partial charge in [0.05, 0.1) is 18.5 Å². The zero-order valence-corrected chi connectivity index (χ0v) is 16.6. The topological polar surface area (TPSA) is 31.4 Å². The molecule has 29 heavy (non-hydrogen) atoms. The molecule has 1 aliphatic heterocycles. The molecular formula is C25H18ClNO2. The molecule has 142 valence electrons. The van der Waals surface area contributed by atoms with Gasteiger partial charge in [0.15, 0.2) is 0 Å². The van der Waals surface area contributed by atoms with Crippen molar-refractivity contribution in [3.05, 3.63) is 89.4 Å². The lowest BCUT2D eigenvalue weighted by molar-refractivity contribution is 0.302. The van der Waals surface area contributed by atoms with Crippen LogP contribution in [0.1, 0.15) is 5.56 Å². The maximum Gasteiger partial charge on any atom is 0.129 e. The Morgan fingerprint density at radius 2 is 1.66 bits per heavy atom. The van der Waals surface area contributed by atoms with E-state index in [0.717, 1.165) is 50.7 Å². The lowest BCUT2D eigenvalue weighted by atomic mass is 9.92. The van der Waals surface area contributed by atoms with Gasteiger partial charge in [-0.2, -0.15) is 0 Å². The average molecular weight is 400 g/mol. The van der Waals surface area contributed by atoms with Crippen LogP contribution in [0.3, 0.4) is 0 Å². The molecule has 1 aromatic heterocycles. The summed E-state index contributed by atoms with van der Waals surface area (Å²) in [7, 11) is 1.67. The molecule has 0 saturated carbocycles. The van der Waals surface area contributed by atoms with Crippen LogP contribution in [0.5, 0.6) is 11.5 Å². The van der Waals surface area contributed by atoms with Crippen molar-refractivity contribution in [2.24, 2.45) is 0 Å². The first-order chi connectivity index (χ1) is 14.2. The summed E-state index contributed by atoms with van der Waals surface area (Å²) in [6.07, 6.45) is 0. The second-order valence-electron chi connectivity index (χ2n) is 6.91. The van der Waals surface area contributed by atoms with Gasteiger partial charge in [-0.1, -0.05) is 54.1 Å². The highest BCUT2D eigenvalue weighted by Crippen LogP contribution is 2.43. The number of benzene rings is 3. The number of fused-ring (bicyclic) bond motifs is 3. The van der Waals surface area contributed by atoms with E-state index in [1.807, 2.05) is 48.5 Å². The summed E-state index contributed by atoms with van der Waals surface area (Å²) in [6, 6.07) is 26.1. The first-order valence-corrected chi connectivity index (χ1v) is 9.77. The molecule has 2 heterocycles. The molecule has 0 spiro atoms. The molecule has 0 fully saturated rings. The molecule has 3 nitrogen and oxygen atoms in total. The van der Waals surface area contributed by atoms with Crippen molar-refractivity contribution in [3.63, 3.8) is 0 Å². The molecule has 0 N–H and O–H groups in total. The second-order valence-corrected chi connectivity index (χ2v) is 7.34. The van der Waals surface area contributed by atoms with Gasteiger partial charge < -0.3 is 9.47 Å². The molecule has 0 radical (unpaired) electrons. The van der Waals surface area contributed by atoms with Crippen LogP contribution in [-0.4, -0.2) is 12.1 Å². The normalized spacial score (nSPS) is 11.9. The Morgan fingerprint density at radius 1 is 0.862 bits per heavy atom. The minimum absolute atomic E-state index is 0.466. The van der Waals surface area contributed by atoms with E-state index in [9.17, 15) is 0 Å². The Morgan fingerprint density at radius 3 is 2.41 bits per heavy atom. The Kier molecular flexibility index (Phi) is 4.45. The van der Waals surface area contributed by atoms with Crippen molar-refractivity contribution in [1.82, 2.24) is 4.98 Å². The fourth-order valence-electron chi connectivity index (χ4n) is 3.69. The van der Waals surface area contributed by atoms with Gasteiger partial charge in [-0.15, -0.1) is 0 Å². The highest BCUT2D eigenvalue weighted by molar-refractivity contribution is 6.31. The highest BCUT2D eigenvalue weighted by atomic mass is 35.5. The van der Waals surface area contributed by atoms with E-state index in [1.165, 1.54) is 0 Å². The number of aromatic nitrogens is 1. The van der Waals surface area contributed by atoms with Crippen LogP contribution in [0.2, 0.25) is 5.02 Å². The molecule has 0 saturated heterocycles. The third-order valence-electron chi connectivity index (χ3n) is 5.16. The Labute approximate surface area is 174 Å². The Bertz CT molecular complexity index is 1190. The van der Waals surface area contributed by atoms with E-state index in [1.54, 1.807) is 7.11 Å². The number of hydrogen-bond acceptors (Lipinski definition) is 3. The van der Waals surface area contributed by atoms with Crippen LogP contribution in [0.4, 0.5) is 0 Å². The zero-order chi connectivity index (χ0) is 19.8. The van der Waals surface area contributed by atoms with Crippen molar-refractivity contribution in [2.45, 2.75) is 6.61 Å². The van der Waals surface area contributed by atoms with Crippen LogP contribution in [0.15, 0.2) is 78.9 Å². The molecular weight excluding hydrogens is 382 g/mol. The van der Waals surface area contributed by atoms with Crippen LogP contribution >= 0.6 is 11.6 Å². The number of methoxy groups -OCH3 is 1. The predicted octanol–water partition coefficient (Wildman–Crippen LogP) is 6.64. The number of rotatable bonds is 3. The third-order valence-corrected chi connectivity index (χ3v) is 5.40. The van der Waals surface area contributed by atoms with E-state index in [-0.39, 0.29) is 0 Å². The van der Waals surface area contributed by atoms with Crippen molar-refractivity contribution < 1.29 is 9.47 Å². The van der Waals surface area contributed by atoms with Crippen molar-refractivity contribution in [3.8, 4) is 45.1 Å².